The van der Waals surface area contributed by atoms with Gasteiger partial charge in [0.15, 0.2) is 0 Å². The first kappa shape index (κ1) is 20.9. The fourth-order valence-corrected chi connectivity index (χ4v) is 2.66. The van der Waals surface area contributed by atoms with Crippen LogP contribution >= 0.6 is 0 Å². The molecular formula is C22H25N3O3. The summed E-state index contributed by atoms with van der Waals surface area (Å²) in [6, 6.07) is 11.0. The molecular weight excluding hydrogens is 354 g/mol. The summed E-state index contributed by atoms with van der Waals surface area (Å²) < 4.78 is 0. The number of aryl methyl sites for hydroxylation is 2. The summed E-state index contributed by atoms with van der Waals surface area (Å²) in [4.78, 5) is 23.9. The minimum Gasteiger partial charge on any atom is -0.507 e. The number of rotatable bonds is 8. The summed E-state index contributed by atoms with van der Waals surface area (Å²) in [5.74, 6) is -0.511. The van der Waals surface area contributed by atoms with Gasteiger partial charge >= 0.3 is 0 Å². The van der Waals surface area contributed by atoms with Gasteiger partial charge in [0.25, 0.3) is 0 Å². The van der Waals surface area contributed by atoms with Gasteiger partial charge in [-0.1, -0.05) is 35.9 Å². The second kappa shape index (κ2) is 10.1. The van der Waals surface area contributed by atoms with Gasteiger partial charge in [0.2, 0.25) is 11.8 Å². The summed E-state index contributed by atoms with van der Waals surface area (Å²) in [6.07, 6.45) is 3.66. The largest absolute Gasteiger partial charge is 0.507 e. The van der Waals surface area contributed by atoms with Gasteiger partial charge in [0.05, 0.1) is 6.21 Å². The highest BCUT2D eigenvalue weighted by Gasteiger charge is 2.08. The van der Waals surface area contributed by atoms with Crippen molar-refractivity contribution in [1.29, 1.82) is 0 Å². The number of phenolic OH excluding ortho intramolecular Hbond substituents is 1. The molecule has 6 heteroatoms. The van der Waals surface area contributed by atoms with Gasteiger partial charge in [-0.3, -0.25) is 9.59 Å². The van der Waals surface area contributed by atoms with E-state index in [2.05, 4.69) is 22.4 Å². The Morgan fingerprint density at radius 1 is 1.14 bits per heavy atom. The summed E-state index contributed by atoms with van der Waals surface area (Å²) in [5, 5.41) is 16.8. The lowest BCUT2D eigenvalue weighted by atomic mass is 10.1. The summed E-state index contributed by atoms with van der Waals surface area (Å²) in [7, 11) is 0. The van der Waals surface area contributed by atoms with Crippen molar-refractivity contribution in [3.8, 4) is 5.75 Å². The first-order chi connectivity index (χ1) is 13.4. The van der Waals surface area contributed by atoms with Crippen molar-refractivity contribution in [3.05, 3.63) is 71.3 Å². The van der Waals surface area contributed by atoms with Gasteiger partial charge in [-0.15, -0.1) is 6.58 Å². The molecule has 2 aromatic carbocycles. The van der Waals surface area contributed by atoms with Crippen LogP contribution in [0.25, 0.3) is 0 Å². The van der Waals surface area contributed by atoms with Gasteiger partial charge in [-0.2, -0.15) is 5.10 Å². The van der Waals surface area contributed by atoms with Crippen LogP contribution in [0.3, 0.4) is 0 Å². The van der Waals surface area contributed by atoms with Crippen LogP contribution in [0.5, 0.6) is 5.75 Å². The number of amides is 2. The summed E-state index contributed by atoms with van der Waals surface area (Å²) in [5.41, 5.74) is 6.42. The Hall–Kier alpha value is -3.41. The lowest BCUT2D eigenvalue weighted by molar-refractivity contribution is -0.124. The van der Waals surface area contributed by atoms with E-state index < -0.39 is 0 Å². The lowest BCUT2D eigenvalue weighted by Crippen LogP contribution is -2.20. The highest BCUT2D eigenvalue weighted by atomic mass is 16.3. The zero-order valence-electron chi connectivity index (χ0n) is 16.2. The topological polar surface area (TPSA) is 90.8 Å². The van der Waals surface area contributed by atoms with Crippen molar-refractivity contribution in [2.45, 2.75) is 33.1 Å². The number of anilines is 1. The van der Waals surface area contributed by atoms with Crippen molar-refractivity contribution in [1.82, 2.24) is 5.43 Å². The number of para-hydroxylation sites is 1. The Kier molecular flexibility index (Phi) is 7.51. The Morgan fingerprint density at radius 2 is 1.89 bits per heavy atom. The standard InChI is InChI=1S/C22H25N3O3/c1-4-6-17-7-5-8-18(22(17)28)14-23-25-21(27)12-11-20(26)24-19-10-9-15(2)13-16(19)3/h4-5,7-10,13-14,28H,1,6,11-12H2,2-3H3,(H,24,26)(H,25,27). The molecule has 0 spiro atoms. The number of nitrogens with one attached hydrogen (secondary N) is 2. The third-order valence-corrected chi connectivity index (χ3v) is 4.14. The van der Waals surface area contributed by atoms with E-state index in [1.165, 1.54) is 6.21 Å². The molecule has 0 unspecified atom stereocenters. The number of allylic oxidation sites excluding steroid dienone is 1. The maximum Gasteiger partial charge on any atom is 0.240 e. The number of hydrazone groups is 1. The normalized spacial score (nSPS) is 10.6. The van der Waals surface area contributed by atoms with Crippen LogP contribution in [-0.4, -0.2) is 23.1 Å². The predicted molar refractivity (Wildman–Crippen MR) is 112 cm³/mol. The fourth-order valence-electron chi connectivity index (χ4n) is 2.66. The molecule has 2 rings (SSSR count). The minimum absolute atomic E-state index is 0.0105. The maximum atomic E-state index is 12.0. The number of aromatic hydroxyl groups is 1. The van der Waals surface area contributed by atoms with E-state index in [-0.39, 0.29) is 30.4 Å². The number of carbonyl (C=O) groups is 2. The van der Waals surface area contributed by atoms with Crippen LogP contribution < -0.4 is 10.7 Å². The third kappa shape index (κ3) is 6.09. The molecule has 146 valence electrons. The average Bonchev–Trinajstić information content (AvgIpc) is 2.65. The van der Waals surface area contributed by atoms with Gasteiger partial charge in [-0.05, 0) is 43.5 Å². The molecule has 3 N–H and O–H groups in total. The van der Waals surface area contributed by atoms with E-state index >= 15 is 0 Å². The number of nitrogens with zero attached hydrogens (tertiary/aromatic N) is 1. The van der Waals surface area contributed by atoms with Crippen LogP contribution in [0.15, 0.2) is 54.2 Å². The first-order valence-electron chi connectivity index (χ1n) is 9.01. The van der Waals surface area contributed by atoms with Gasteiger partial charge in [-0.25, -0.2) is 5.43 Å². The quantitative estimate of drug-likeness (QED) is 0.372. The van der Waals surface area contributed by atoms with Crippen LogP contribution in [0.1, 0.15) is 35.1 Å². The van der Waals surface area contributed by atoms with Gasteiger partial charge in [0, 0.05) is 24.1 Å². The van der Waals surface area contributed by atoms with Crippen LogP contribution in [0.4, 0.5) is 5.69 Å². The van der Waals surface area contributed by atoms with E-state index in [1.807, 2.05) is 32.0 Å². The molecule has 0 radical (unpaired) electrons. The molecule has 0 aliphatic heterocycles. The SMILES string of the molecule is C=CCc1cccc(C=NNC(=O)CCC(=O)Nc2ccc(C)cc2C)c1O. The lowest BCUT2D eigenvalue weighted by Gasteiger charge is -2.08. The minimum atomic E-state index is -0.381. The Labute approximate surface area is 165 Å². The Balaban J connectivity index is 1.82. The average molecular weight is 379 g/mol. The van der Waals surface area contributed by atoms with Crippen LogP contribution in [0.2, 0.25) is 0 Å². The van der Waals surface area contributed by atoms with Gasteiger partial charge in [0.1, 0.15) is 5.75 Å². The molecule has 0 saturated heterocycles. The molecule has 6 nitrogen and oxygen atoms in total. The van der Waals surface area contributed by atoms with Crippen LogP contribution in [-0.2, 0) is 16.0 Å². The molecule has 2 aromatic rings. The van der Waals surface area contributed by atoms with Crippen LogP contribution in [0, 0.1) is 13.8 Å². The highest BCUT2D eigenvalue weighted by molar-refractivity contribution is 5.94. The molecule has 0 atom stereocenters. The first-order valence-corrected chi connectivity index (χ1v) is 9.01. The van der Waals surface area contributed by atoms with Crippen molar-refractivity contribution in [2.24, 2.45) is 5.10 Å². The van der Waals surface area contributed by atoms with E-state index in [4.69, 9.17) is 0 Å². The van der Waals surface area contributed by atoms with Crippen molar-refractivity contribution in [2.75, 3.05) is 5.32 Å². The number of hydrogen-bond donors (Lipinski definition) is 3. The molecule has 0 aliphatic carbocycles. The van der Waals surface area contributed by atoms with Crippen molar-refractivity contribution in [3.63, 3.8) is 0 Å². The van der Waals surface area contributed by atoms with Crippen molar-refractivity contribution >= 4 is 23.7 Å². The van der Waals surface area contributed by atoms with E-state index in [1.54, 1.807) is 24.3 Å². The molecule has 28 heavy (non-hydrogen) atoms. The molecule has 0 aromatic heterocycles. The molecule has 0 bridgehead atoms. The maximum absolute atomic E-state index is 12.0. The number of benzene rings is 2. The monoisotopic (exact) mass is 379 g/mol. The van der Waals surface area contributed by atoms with E-state index in [0.29, 0.717) is 12.0 Å². The third-order valence-electron chi connectivity index (χ3n) is 4.14. The number of phenols is 1. The molecule has 0 aliphatic rings. The second-order valence-corrected chi connectivity index (χ2v) is 6.51. The highest BCUT2D eigenvalue weighted by Crippen LogP contribution is 2.21. The number of hydrogen-bond acceptors (Lipinski definition) is 4. The zero-order valence-corrected chi connectivity index (χ0v) is 16.2. The summed E-state index contributed by atoms with van der Waals surface area (Å²) >= 11 is 0. The fraction of sp³-hybridized carbons (Fsp3) is 0.227. The Bertz CT molecular complexity index is 904. The number of carbonyl (C=O) groups excluding carboxylic acids is 2. The zero-order chi connectivity index (χ0) is 20.5. The summed E-state index contributed by atoms with van der Waals surface area (Å²) in [6.45, 7) is 7.55. The molecule has 0 saturated carbocycles. The molecule has 0 fully saturated rings. The van der Waals surface area contributed by atoms with E-state index in [0.717, 1.165) is 22.4 Å². The van der Waals surface area contributed by atoms with Gasteiger partial charge < -0.3 is 10.4 Å². The predicted octanol–water partition coefficient (Wildman–Crippen LogP) is 3.61. The smallest absolute Gasteiger partial charge is 0.240 e. The molecule has 2 amide bonds. The molecule has 0 heterocycles. The van der Waals surface area contributed by atoms with Crippen molar-refractivity contribution < 1.29 is 14.7 Å². The Morgan fingerprint density at radius 3 is 2.61 bits per heavy atom. The van der Waals surface area contributed by atoms with E-state index in [9.17, 15) is 14.7 Å². The second-order valence-electron chi connectivity index (χ2n) is 6.51.